The fraction of sp³-hybridized carbons (Fsp3) is 0.250. The fourth-order valence-electron chi connectivity index (χ4n) is 3.62. The van der Waals surface area contributed by atoms with E-state index in [1.165, 1.54) is 12.1 Å². The third kappa shape index (κ3) is 3.28. The van der Waals surface area contributed by atoms with Crippen molar-refractivity contribution in [1.29, 1.82) is 0 Å². The average molecular weight is 367 g/mol. The molecule has 0 radical (unpaired) electrons. The van der Waals surface area contributed by atoms with Gasteiger partial charge in [0.05, 0.1) is 17.1 Å². The molecule has 2 N–H and O–H groups in total. The minimum Gasteiger partial charge on any atom is -0.332 e. The van der Waals surface area contributed by atoms with Gasteiger partial charge in [0.1, 0.15) is 5.82 Å². The number of hydrogen-bond acceptors (Lipinski definition) is 3. The number of likely N-dealkylation sites (tertiary alicyclic amines) is 1. The molecule has 0 aliphatic carbocycles. The van der Waals surface area contributed by atoms with Gasteiger partial charge in [0.2, 0.25) is 0 Å². The molecule has 2 aromatic carbocycles. The van der Waals surface area contributed by atoms with Crippen molar-refractivity contribution in [3.8, 4) is 0 Å². The first kappa shape index (κ1) is 17.2. The highest BCUT2D eigenvalue weighted by atomic mass is 19.1. The van der Waals surface area contributed by atoms with Gasteiger partial charge in [0.15, 0.2) is 0 Å². The van der Waals surface area contributed by atoms with Crippen LogP contribution in [0.1, 0.15) is 41.2 Å². The topological polar surface area (TPSA) is 86.0 Å². The monoisotopic (exact) mass is 367 g/mol. The van der Waals surface area contributed by atoms with Gasteiger partial charge in [0.25, 0.3) is 5.91 Å². The molecule has 1 aliphatic rings. The van der Waals surface area contributed by atoms with Crippen molar-refractivity contribution in [2.75, 3.05) is 6.54 Å². The molecule has 6 nitrogen and oxygen atoms in total. The SMILES string of the molecule is O=C(c1ccc2[nH]c(=O)c(=O)[nH]c2c1)N1CCCCC1c1ccc(F)cc1. The summed E-state index contributed by atoms with van der Waals surface area (Å²) in [6.07, 6.45) is 2.72. The van der Waals surface area contributed by atoms with E-state index >= 15 is 0 Å². The van der Waals surface area contributed by atoms with Crippen molar-refractivity contribution >= 4 is 16.9 Å². The number of fused-ring (bicyclic) bond motifs is 1. The molecule has 1 amide bonds. The van der Waals surface area contributed by atoms with Crippen LogP contribution in [-0.2, 0) is 0 Å². The number of benzene rings is 2. The zero-order valence-corrected chi connectivity index (χ0v) is 14.5. The summed E-state index contributed by atoms with van der Waals surface area (Å²) in [5.41, 5.74) is 0.719. The van der Waals surface area contributed by atoms with E-state index < -0.39 is 11.1 Å². The number of aromatic amines is 2. The Morgan fingerprint density at radius 3 is 2.41 bits per heavy atom. The maximum Gasteiger partial charge on any atom is 0.314 e. The number of nitrogens with one attached hydrogen (secondary N) is 2. The molecule has 4 rings (SSSR count). The Morgan fingerprint density at radius 1 is 0.963 bits per heavy atom. The van der Waals surface area contributed by atoms with Crippen LogP contribution in [0, 0.1) is 5.82 Å². The molecule has 1 saturated heterocycles. The van der Waals surface area contributed by atoms with Gasteiger partial charge >= 0.3 is 11.1 Å². The molecule has 0 spiro atoms. The Labute approximate surface area is 153 Å². The van der Waals surface area contributed by atoms with Gasteiger partial charge in [-0.15, -0.1) is 0 Å². The molecule has 1 fully saturated rings. The number of halogens is 1. The van der Waals surface area contributed by atoms with Crippen molar-refractivity contribution in [2.45, 2.75) is 25.3 Å². The zero-order chi connectivity index (χ0) is 19.0. The smallest absolute Gasteiger partial charge is 0.314 e. The predicted octanol–water partition coefficient (Wildman–Crippen LogP) is 2.72. The van der Waals surface area contributed by atoms with Crippen LogP contribution in [0.4, 0.5) is 4.39 Å². The summed E-state index contributed by atoms with van der Waals surface area (Å²) in [5.74, 6) is -0.460. The van der Waals surface area contributed by atoms with E-state index in [4.69, 9.17) is 0 Å². The van der Waals surface area contributed by atoms with Crippen LogP contribution in [0.25, 0.3) is 11.0 Å². The number of H-pyrrole nitrogens is 2. The van der Waals surface area contributed by atoms with Crippen molar-refractivity contribution in [3.05, 3.63) is 80.1 Å². The molecule has 3 aromatic rings. The molecule has 0 saturated carbocycles. The molecule has 1 aliphatic heterocycles. The number of rotatable bonds is 2. The van der Waals surface area contributed by atoms with E-state index in [0.29, 0.717) is 23.1 Å². The van der Waals surface area contributed by atoms with E-state index in [-0.39, 0.29) is 17.8 Å². The summed E-state index contributed by atoms with van der Waals surface area (Å²) in [6.45, 7) is 0.612. The number of piperidine rings is 1. The quantitative estimate of drug-likeness (QED) is 0.683. The molecule has 1 atom stereocenters. The van der Waals surface area contributed by atoms with Crippen molar-refractivity contribution in [3.63, 3.8) is 0 Å². The average Bonchev–Trinajstić information content (AvgIpc) is 2.69. The molecule has 27 heavy (non-hydrogen) atoms. The fourth-order valence-corrected chi connectivity index (χ4v) is 3.62. The Balaban J connectivity index is 1.70. The summed E-state index contributed by atoms with van der Waals surface area (Å²) in [4.78, 5) is 42.9. The lowest BCUT2D eigenvalue weighted by molar-refractivity contribution is 0.0611. The van der Waals surface area contributed by atoms with Gasteiger partial charge < -0.3 is 14.9 Å². The van der Waals surface area contributed by atoms with E-state index in [1.807, 2.05) is 0 Å². The van der Waals surface area contributed by atoms with Gasteiger partial charge in [0, 0.05) is 12.1 Å². The Bertz CT molecular complexity index is 1120. The molecular weight excluding hydrogens is 349 g/mol. The highest BCUT2D eigenvalue weighted by molar-refractivity contribution is 5.97. The van der Waals surface area contributed by atoms with E-state index in [9.17, 15) is 18.8 Å². The summed E-state index contributed by atoms with van der Waals surface area (Å²) in [5, 5.41) is 0. The van der Waals surface area contributed by atoms with Gasteiger partial charge in [-0.3, -0.25) is 14.4 Å². The van der Waals surface area contributed by atoms with Crippen molar-refractivity contribution in [1.82, 2.24) is 14.9 Å². The number of carbonyl (C=O) groups is 1. The normalized spacial score (nSPS) is 17.2. The zero-order valence-electron chi connectivity index (χ0n) is 14.5. The maximum atomic E-state index is 13.2. The molecule has 138 valence electrons. The largest absolute Gasteiger partial charge is 0.332 e. The molecule has 0 bridgehead atoms. The molecule has 2 heterocycles. The van der Waals surface area contributed by atoms with Crippen LogP contribution in [0.2, 0.25) is 0 Å². The van der Waals surface area contributed by atoms with Gasteiger partial charge in [-0.1, -0.05) is 12.1 Å². The first-order chi connectivity index (χ1) is 13.0. The number of amides is 1. The second kappa shape index (κ2) is 6.83. The second-order valence-electron chi connectivity index (χ2n) is 6.73. The Kier molecular flexibility index (Phi) is 4.35. The van der Waals surface area contributed by atoms with E-state index in [2.05, 4.69) is 9.97 Å². The summed E-state index contributed by atoms with van der Waals surface area (Å²) < 4.78 is 13.2. The second-order valence-corrected chi connectivity index (χ2v) is 6.73. The van der Waals surface area contributed by atoms with Crippen LogP contribution in [0.5, 0.6) is 0 Å². The van der Waals surface area contributed by atoms with Gasteiger partial charge in [-0.05, 0) is 55.2 Å². The van der Waals surface area contributed by atoms with E-state index in [0.717, 1.165) is 24.8 Å². The van der Waals surface area contributed by atoms with Gasteiger partial charge in [-0.25, -0.2) is 4.39 Å². The van der Waals surface area contributed by atoms with Crippen LogP contribution in [0.15, 0.2) is 52.1 Å². The van der Waals surface area contributed by atoms with E-state index in [1.54, 1.807) is 35.2 Å². The standard InChI is InChI=1S/C20H18FN3O3/c21-14-7-4-12(5-8-14)17-3-1-2-10-24(17)20(27)13-6-9-15-16(11-13)23-19(26)18(25)22-15/h4-9,11,17H,1-3,10H2,(H,22,25)(H,23,26). The highest BCUT2D eigenvalue weighted by Gasteiger charge is 2.28. The lowest BCUT2D eigenvalue weighted by Gasteiger charge is -2.36. The molecular formula is C20H18FN3O3. The van der Waals surface area contributed by atoms with Crippen LogP contribution in [0.3, 0.4) is 0 Å². The first-order valence-electron chi connectivity index (χ1n) is 8.86. The number of carbonyl (C=O) groups excluding carboxylic acids is 1. The maximum absolute atomic E-state index is 13.2. The third-order valence-corrected chi connectivity index (χ3v) is 4.99. The Morgan fingerprint density at radius 2 is 1.67 bits per heavy atom. The number of nitrogens with zero attached hydrogens (tertiary/aromatic N) is 1. The molecule has 1 aromatic heterocycles. The number of aromatic nitrogens is 2. The van der Waals surface area contributed by atoms with Crippen molar-refractivity contribution in [2.24, 2.45) is 0 Å². The Hall–Kier alpha value is -3.22. The minimum absolute atomic E-state index is 0.114. The first-order valence-corrected chi connectivity index (χ1v) is 8.86. The third-order valence-electron chi connectivity index (χ3n) is 4.99. The summed E-state index contributed by atoms with van der Waals surface area (Å²) in [6, 6.07) is 10.9. The lowest BCUT2D eigenvalue weighted by atomic mass is 9.94. The predicted molar refractivity (Wildman–Crippen MR) is 99.2 cm³/mol. The highest BCUT2D eigenvalue weighted by Crippen LogP contribution is 2.32. The molecule has 7 heteroatoms. The summed E-state index contributed by atoms with van der Waals surface area (Å²) in [7, 11) is 0. The van der Waals surface area contributed by atoms with Crippen LogP contribution < -0.4 is 11.1 Å². The van der Waals surface area contributed by atoms with Crippen molar-refractivity contribution < 1.29 is 9.18 Å². The number of hydrogen-bond donors (Lipinski definition) is 2. The minimum atomic E-state index is -0.755. The summed E-state index contributed by atoms with van der Waals surface area (Å²) >= 11 is 0. The van der Waals surface area contributed by atoms with Gasteiger partial charge in [-0.2, -0.15) is 0 Å². The lowest BCUT2D eigenvalue weighted by Crippen LogP contribution is -2.38. The van der Waals surface area contributed by atoms with Crippen LogP contribution in [-0.4, -0.2) is 27.3 Å². The van der Waals surface area contributed by atoms with Crippen LogP contribution >= 0.6 is 0 Å². The molecule has 1 unspecified atom stereocenters.